The van der Waals surface area contributed by atoms with Crippen LogP contribution in [0.15, 0.2) is 36.4 Å². The summed E-state index contributed by atoms with van der Waals surface area (Å²) in [6.07, 6.45) is -0.548. The van der Waals surface area contributed by atoms with Gasteiger partial charge in [-0.3, -0.25) is 4.79 Å². The number of benzene rings is 2. The lowest BCUT2D eigenvalue weighted by Crippen LogP contribution is -2.10. The van der Waals surface area contributed by atoms with Gasteiger partial charge in [0.15, 0.2) is 17.3 Å². The van der Waals surface area contributed by atoms with Crippen LogP contribution in [0.3, 0.4) is 0 Å². The summed E-state index contributed by atoms with van der Waals surface area (Å²) in [5, 5.41) is 0. The van der Waals surface area contributed by atoms with Gasteiger partial charge in [0.05, 0.1) is 20.6 Å². The van der Waals surface area contributed by atoms with E-state index < -0.39 is 12.1 Å². The first-order valence-electron chi connectivity index (χ1n) is 8.22. The Balaban J connectivity index is 1.85. The number of hydrogen-bond donors (Lipinski definition) is 0. The van der Waals surface area contributed by atoms with Gasteiger partial charge in [0.25, 0.3) is 0 Å². The van der Waals surface area contributed by atoms with Gasteiger partial charge in [-0.2, -0.15) is 0 Å². The number of esters is 1. The maximum atomic E-state index is 12.6. The summed E-state index contributed by atoms with van der Waals surface area (Å²) in [7, 11) is 6.85. The predicted molar refractivity (Wildman–Crippen MR) is 97.4 cm³/mol. The first-order valence-corrected chi connectivity index (χ1v) is 8.22. The van der Waals surface area contributed by atoms with E-state index in [1.165, 1.54) is 14.2 Å². The number of carbonyl (C=O) groups excluding carboxylic acids is 2. The van der Waals surface area contributed by atoms with Crippen molar-refractivity contribution in [3.05, 3.63) is 53.1 Å². The molecule has 0 saturated carbocycles. The summed E-state index contributed by atoms with van der Waals surface area (Å²) >= 11 is 0. The Labute approximate surface area is 152 Å². The van der Waals surface area contributed by atoms with E-state index in [0.717, 1.165) is 5.69 Å². The topological polar surface area (TPSA) is 65.1 Å². The molecule has 136 valence electrons. The number of rotatable bonds is 6. The number of ether oxygens (including phenoxy) is 3. The van der Waals surface area contributed by atoms with Crippen molar-refractivity contribution in [3.63, 3.8) is 0 Å². The van der Waals surface area contributed by atoms with Gasteiger partial charge in [-0.25, -0.2) is 4.79 Å². The van der Waals surface area contributed by atoms with Crippen molar-refractivity contribution in [1.29, 1.82) is 0 Å². The quantitative estimate of drug-likeness (QED) is 0.585. The van der Waals surface area contributed by atoms with E-state index in [2.05, 4.69) is 0 Å². The molecule has 6 nitrogen and oxygen atoms in total. The number of methoxy groups -OCH3 is 2. The van der Waals surface area contributed by atoms with Gasteiger partial charge in [-0.05, 0) is 30.3 Å². The van der Waals surface area contributed by atoms with E-state index in [4.69, 9.17) is 14.2 Å². The second-order valence-corrected chi connectivity index (χ2v) is 6.23. The van der Waals surface area contributed by atoms with Crippen LogP contribution in [0.1, 0.15) is 38.8 Å². The second kappa shape index (κ2) is 7.07. The van der Waals surface area contributed by atoms with E-state index >= 15 is 0 Å². The number of ketones is 1. The normalized spacial score (nSPS) is 15.2. The fourth-order valence-electron chi connectivity index (χ4n) is 3.06. The van der Waals surface area contributed by atoms with Crippen LogP contribution in [0.25, 0.3) is 0 Å². The van der Waals surface area contributed by atoms with Gasteiger partial charge in [-0.15, -0.1) is 0 Å². The summed E-state index contributed by atoms with van der Waals surface area (Å²) in [5.41, 5.74) is 2.56. The Morgan fingerprint density at radius 3 is 2.35 bits per heavy atom. The highest BCUT2D eigenvalue weighted by Crippen LogP contribution is 2.43. The zero-order valence-electron chi connectivity index (χ0n) is 15.2. The second-order valence-electron chi connectivity index (χ2n) is 6.23. The monoisotopic (exact) mass is 355 g/mol. The Morgan fingerprint density at radius 2 is 1.77 bits per heavy atom. The maximum absolute atomic E-state index is 12.6. The van der Waals surface area contributed by atoms with Crippen molar-refractivity contribution in [2.24, 2.45) is 0 Å². The Hall–Kier alpha value is -3.02. The van der Waals surface area contributed by atoms with Gasteiger partial charge in [0.1, 0.15) is 11.7 Å². The SMILES string of the molecule is COc1ccc2c(c1OC)C(=O)O[C@H]2CC(=O)c1ccc(N(C)C)cc1. The molecule has 6 heteroatoms. The molecule has 0 fully saturated rings. The van der Waals surface area contributed by atoms with Crippen LogP contribution < -0.4 is 14.4 Å². The maximum Gasteiger partial charge on any atom is 0.343 e. The van der Waals surface area contributed by atoms with Crippen LogP contribution in [0, 0.1) is 0 Å². The minimum absolute atomic E-state index is 0.0789. The molecule has 1 heterocycles. The van der Waals surface area contributed by atoms with Crippen molar-refractivity contribution in [2.45, 2.75) is 12.5 Å². The van der Waals surface area contributed by atoms with Crippen LogP contribution in [-0.4, -0.2) is 40.1 Å². The predicted octanol–water partition coefficient (Wildman–Crippen LogP) is 3.25. The van der Waals surface area contributed by atoms with E-state index in [1.807, 2.05) is 31.1 Å². The third kappa shape index (κ3) is 3.10. The van der Waals surface area contributed by atoms with Gasteiger partial charge in [0, 0.05) is 30.9 Å². The van der Waals surface area contributed by atoms with Crippen LogP contribution in [-0.2, 0) is 4.74 Å². The number of Topliss-reactive ketones (excluding diaryl/α,β-unsaturated/α-hetero) is 1. The molecule has 1 aliphatic heterocycles. The third-order valence-corrected chi connectivity index (χ3v) is 4.45. The smallest absolute Gasteiger partial charge is 0.343 e. The highest BCUT2D eigenvalue weighted by Gasteiger charge is 2.36. The van der Waals surface area contributed by atoms with E-state index in [9.17, 15) is 9.59 Å². The van der Waals surface area contributed by atoms with Gasteiger partial charge < -0.3 is 19.1 Å². The third-order valence-electron chi connectivity index (χ3n) is 4.45. The lowest BCUT2D eigenvalue weighted by molar-refractivity contribution is 0.0365. The van der Waals surface area contributed by atoms with Gasteiger partial charge in [-0.1, -0.05) is 6.07 Å². The van der Waals surface area contributed by atoms with Crippen molar-refractivity contribution < 1.29 is 23.8 Å². The molecule has 1 aliphatic rings. The molecule has 0 saturated heterocycles. The van der Waals surface area contributed by atoms with Crippen molar-refractivity contribution in [2.75, 3.05) is 33.2 Å². The first kappa shape index (κ1) is 17.8. The highest BCUT2D eigenvalue weighted by molar-refractivity contribution is 6.01. The summed E-state index contributed by atoms with van der Waals surface area (Å²) < 4.78 is 16.0. The number of anilines is 1. The Kier molecular flexibility index (Phi) is 4.84. The van der Waals surface area contributed by atoms with Crippen molar-refractivity contribution >= 4 is 17.4 Å². The molecule has 0 radical (unpaired) electrons. The van der Waals surface area contributed by atoms with Crippen LogP contribution in [0.2, 0.25) is 0 Å². The lowest BCUT2D eigenvalue weighted by Gasteiger charge is -2.14. The number of fused-ring (bicyclic) bond motifs is 1. The molecule has 0 N–H and O–H groups in total. The molecule has 1 atom stereocenters. The summed E-state index contributed by atoms with van der Waals surface area (Å²) in [4.78, 5) is 26.9. The minimum Gasteiger partial charge on any atom is -0.493 e. The van der Waals surface area contributed by atoms with Crippen LogP contribution in [0.4, 0.5) is 5.69 Å². The van der Waals surface area contributed by atoms with E-state index in [1.54, 1.807) is 24.3 Å². The molecule has 3 rings (SSSR count). The Bertz CT molecular complexity index is 842. The standard InChI is InChI=1S/C20H21NO5/c1-21(2)13-7-5-12(6-8-13)15(22)11-17-14-9-10-16(24-3)19(25-4)18(14)20(23)26-17/h5-10,17H,11H2,1-4H3/t17-/m0/s1. The highest BCUT2D eigenvalue weighted by atomic mass is 16.6. The molecule has 2 aromatic rings. The fourth-order valence-corrected chi connectivity index (χ4v) is 3.06. The number of nitrogens with zero attached hydrogens (tertiary/aromatic N) is 1. The molecule has 0 aromatic heterocycles. The van der Waals surface area contributed by atoms with E-state index in [-0.39, 0.29) is 12.2 Å². The number of cyclic esters (lactones) is 1. The molecular weight excluding hydrogens is 334 g/mol. The van der Waals surface area contributed by atoms with Crippen LogP contribution >= 0.6 is 0 Å². The number of carbonyl (C=O) groups is 2. The molecule has 0 aliphatic carbocycles. The lowest BCUT2D eigenvalue weighted by atomic mass is 9.97. The van der Waals surface area contributed by atoms with Crippen LogP contribution in [0.5, 0.6) is 11.5 Å². The zero-order chi connectivity index (χ0) is 18.8. The fraction of sp³-hybridized carbons (Fsp3) is 0.300. The average Bonchev–Trinajstić information content (AvgIpc) is 2.96. The molecule has 2 aromatic carbocycles. The summed E-state index contributed by atoms with van der Waals surface area (Å²) in [6.45, 7) is 0. The molecule has 0 unspecified atom stereocenters. The van der Waals surface area contributed by atoms with Crippen molar-refractivity contribution in [1.82, 2.24) is 0 Å². The first-order chi connectivity index (χ1) is 12.5. The Morgan fingerprint density at radius 1 is 1.08 bits per heavy atom. The molecule has 0 amide bonds. The zero-order valence-corrected chi connectivity index (χ0v) is 15.2. The summed E-state index contributed by atoms with van der Waals surface area (Å²) in [6, 6.07) is 10.8. The van der Waals surface area contributed by atoms with E-state index in [0.29, 0.717) is 28.2 Å². The van der Waals surface area contributed by atoms with Gasteiger partial charge >= 0.3 is 5.97 Å². The van der Waals surface area contributed by atoms with Gasteiger partial charge in [0.2, 0.25) is 0 Å². The average molecular weight is 355 g/mol. The molecule has 0 spiro atoms. The summed E-state index contributed by atoms with van der Waals surface area (Å²) in [5.74, 6) is 0.196. The largest absolute Gasteiger partial charge is 0.493 e. The molecule has 0 bridgehead atoms. The number of hydrogen-bond acceptors (Lipinski definition) is 6. The molecular formula is C20H21NO5. The van der Waals surface area contributed by atoms with Crippen molar-refractivity contribution in [3.8, 4) is 11.5 Å². The minimum atomic E-state index is -0.627. The molecule has 26 heavy (non-hydrogen) atoms.